The van der Waals surface area contributed by atoms with Crippen molar-refractivity contribution in [3.8, 4) is 0 Å². The van der Waals surface area contributed by atoms with Crippen molar-refractivity contribution < 1.29 is 23.9 Å². The maximum absolute atomic E-state index is 13.8. The van der Waals surface area contributed by atoms with Gasteiger partial charge < -0.3 is 19.7 Å². The smallest absolute Gasteiger partial charge is 0.308 e. The summed E-state index contributed by atoms with van der Waals surface area (Å²) in [6.07, 6.45) is 3.53. The van der Waals surface area contributed by atoms with Crippen molar-refractivity contribution in [2.24, 2.45) is 0 Å². The van der Waals surface area contributed by atoms with Crippen LogP contribution in [0.4, 0.5) is 5.82 Å². The Kier molecular flexibility index (Phi) is 8.25. The Morgan fingerprint density at radius 1 is 1.30 bits per heavy atom. The van der Waals surface area contributed by atoms with Gasteiger partial charge in [0.1, 0.15) is 21.8 Å². The first-order valence-corrected chi connectivity index (χ1v) is 12.9. The molecule has 1 atom stereocenters. The predicted octanol–water partition coefficient (Wildman–Crippen LogP) is 1.11. The van der Waals surface area contributed by atoms with E-state index in [0.717, 1.165) is 17.3 Å². The number of hydrogen-bond donors (Lipinski definition) is 1. The Morgan fingerprint density at radius 3 is 2.81 bits per heavy atom. The molecule has 4 rings (SSSR count). The SMILES string of the molecule is COCCCN1C(=O)/C(=C/c2c(N3CCNC(=O)[C@@H]3CC(=O)OC)nc3ccc(C)cn3c2=O)SC1=S. The Balaban J connectivity index is 1.84. The fourth-order valence-corrected chi connectivity index (χ4v) is 5.49. The summed E-state index contributed by atoms with van der Waals surface area (Å²) in [7, 11) is 2.83. The molecule has 0 aromatic carbocycles. The van der Waals surface area contributed by atoms with Gasteiger partial charge in [0.2, 0.25) is 5.91 Å². The molecule has 37 heavy (non-hydrogen) atoms. The fourth-order valence-electron chi connectivity index (χ4n) is 4.20. The maximum atomic E-state index is 13.8. The second kappa shape index (κ2) is 11.4. The lowest BCUT2D eigenvalue weighted by Crippen LogP contribution is -2.57. The Hall–Kier alpha value is -3.29. The van der Waals surface area contributed by atoms with Crippen LogP contribution in [0.15, 0.2) is 28.0 Å². The van der Waals surface area contributed by atoms with E-state index in [9.17, 15) is 19.2 Å². The summed E-state index contributed by atoms with van der Waals surface area (Å²) in [4.78, 5) is 59.9. The topological polar surface area (TPSA) is 123 Å². The van der Waals surface area contributed by atoms with Crippen LogP contribution >= 0.6 is 24.0 Å². The fraction of sp³-hybridized carbons (Fsp3) is 0.417. The number of nitrogens with zero attached hydrogens (tertiary/aromatic N) is 4. The zero-order chi connectivity index (χ0) is 26.7. The number of amides is 2. The standard InChI is InChI=1S/C24H27N5O6S2/c1-14-5-6-18-26-20(27-9-7-25-21(31)16(27)12-19(30)35-3)15(22(32)29(18)13-14)11-17-23(33)28(24(36)37-17)8-4-10-34-2/h5-6,11,13,16H,4,7-10,12H2,1-3H3,(H,25,31)/b17-11-/t16-/m0/s1. The molecule has 1 N–H and O–H groups in total. The van der Waals surface area contributed by atoms with Crippen molar-refractivity contribution in [3.05, 3.63) is 44.7 Å². The number of thiocarbonyl (C=S) groups is 1. The van der Waals surface area contributed by atoms with Gasteiger partial charge in [-0.1, -0.05) is 30.0 Å². The molecule has 13 heteroatoms. The van der Waals surface area contributed by atoms with Gasteiger partial charge >= 0.3 is 5.97 Å². The molecule has 0 spiro atoms. The van der Waals surface area contributed by atoms with Gasteiger partial charge in [-0.3, -0.25) is 28.5 Å². The largest absolute Gasteiger partial charge is 0.469 e. The van der Waals surface area contributed by atoms with Crippen LogP contribution in [0, 0.1) is 6.92 Å². The number of carbonyl (C=O) groups is 3. The van der Waals surface area contributed by atoms with Crippen molar-refractivity contribution in [1.82, 2.24) is 19.6 Å². The van der Waals surface area contributed by atoms with Gasteiger partial charge in [0.25, 0.3) is 11.5 Å². The number of thioether (sulfide) groups is 1. The van der Waals surface area contributed by atoms with Crippen LogP contribution in [-0.2, 0) is 23.9 Å². The highest BCUT2D eigenvalue weighted by Gasteiger charge is 2.36. The minimum Gasteiger partial charge on any atom is -0.469 e. The molecule has 0 bridgehead atoms. The lowest BCUT2D eigenvalue weighted by molar-refractivity contribution is -0.143. The summed E-state index contributed by atoms with van der Waals surface area (Å²) in [6.45, 7) is 3.33. The second-order valence-corrected chi connectivity index (χ2v) is 10.2. The number of fused-ring (bicyclic) bond motifs is 1. The van der Waals surface area contributed by atoms with Crippen LogP contribution in [0.1, 0.15) is 24.0 Å². The van der Waals surface area contributed by atoms with Gasteiger partial charge in [0.05, 0.1) is 24.0 Å². The number of pyridine rings is 1. The van der Waals surface area contributed by atoms with Crippen LogP contribution in [0.25, 0.3) is 11.7 Å². The molecule has 11 nitrogen and oxygen atoms in total. The summed E-state index contributed by atoms with van der Waals surface area (Å²) in [5, 5.41) is 2.75. The number of aryl methyl sites for hydroxylation is 1. The van der Waals surface area contributed by atoms with Crippen molar-refractivity contribution >= 4 is 63.6 Å². The number of methoxy groups -OCH3 is 2. The zero-order valence-corrected chi connectivity index (χ0v) is 22.3. The Bertz CT molecular complexity index is 1360. The quantitative estimate of drug-likeness (QED) is 0.223. The number of carbonyl (C=O) groups excluding carboxylic acids is 3. The van der Waals surface area contributed by atoms with Crippen LogP contribution in [-0.4, -0.2) is 82.9 Å². The highest BCUT2D eigenvalue weighted by molar-refractivity contribution is 8.26. The minimum atomic E-state index is -0.934. The average Bonchev–Trinajstić information content (AvgIpc) is 3.14. The summed E-state index contributed by atoms with van der Waals surface area (Å²) < 4.78 is 11.7. The normalized spacial score (nSPS) is 19.2. The van der Waals surface area contributed by atoms with Crippen molar-refractivity contribution in [2.75, 3.05) is 45.4 Å². The van der Waals surface area contributed by atoms with Crippen LogP contribution in [0.3, 0.4) is 0 Å². The molecule has 2 aliphatic rings. The highest BCUT2D eigenvalue weighted by atomic mass is 32.2. The number of nitrogens with one attached hydrogen (secondary N) is 1. The molecule has 196 valence electrons. The zero-order valence-electron chi connectivity index (χ0n) is 20.7. The summed E-state index contributed by atoms with van der Waals surface area (Å²) >= 11 is 6.52. The molecule has 2 amide bonds. The van der Waals surface area contributed by atoms with Crippen molar-refractivity contribution in [3.63, 3.8) is 0 Å². The molecule has 0 unspecified atom stereocenters. The average molecular weight is 546 g/mol. The number of anilines is 1. The van der Waals surface area contributed by atoms with E-state index in [0.29, 0.717) is 42.6 Å². The third kappa shape index (κ3) is 5.53. The lowest BCUT2D eigenvalue weighted by atomic mass is 10.1. The van der Waals surface area contributed by atoms with Crippen molar-refractivity contribution in [2.45, 2.75) is 25.8 Å². The van der Waals surface area contributed by atoms with E-state index >= 15 is 0 Å². The van der Waals surface area contributed by atoms with Gasteiger partial charge in [0.15, 0.2) is 0 Å². The first-order chi connectivity index (χ1) is 17.7. The summed E-state index contributed by atoms with van der Waals surface area (Å²) in [6, 6.07) is 2.60. The first-order valence-electron chi connectivity index (χ1n) is 11.6. The summed E-state index contributed by atoms with van der Waals surface area (Å²) in [5.41, 5.74) is 0.944. The van der Waals surface area contributed by atoms with Gasteiger partial charge in [0, 0.05) is 39.5 Å². The lowest BCUT2D eigenvalue weighted by Gasteiger charge is -2.36. The molecule has 2 aromatic heterocycles. The Morgan fingerprint density at radius 2 is 2.08 bits per heavy atom. The third-order valence-corrected chi connectivity index (χ3v) is 7.43. The van der Waals surface area contributed by atoms with E-state index in [1.54, 1.807) is 24.3 Å². The second-order valence-electron chi connectivity index (χ2n) is 8.55. The number of ether oxygens (including phenoxy) is 2. The molecule has 2 aromatic rings. The van der Waals surface area contributed by atoms with E-state index < -0.39 is 17.6 Å². The molecule has 2 saturated heterocycles. The maximum Gasteiger partial charge on any atom is 0.308 e. The molecule has 4 heterocycles. The van der Waals surface area contributed by atoms with Crippen LogP contribution in [0.5, 0.6) is 0 Å². The number of hydrogen-bond acceptors (Lipinski definition) is 10. The van der Waals surface area contributed by atoms with Gasteiger partial charge in [-0.05, 0) is 31.1 Å². The van der Waals surface area contributed by atoms with E-state index in [4.69, 9.17) is 26.7 Å². The monoisotopic (exact) mass is 545 g/mol. The van der Waals surface area contributed by atoms with E-state index in [1.807, 2.05) is 13.0 Å². The predicted molar refractivity (Wildman–Crippen MR) is 143 cm³/mol. The van der Waals surface area contributed by atoms with Gasteiger partial charge in [-0.2, -0.15) is 0 Å². The number of rotatable bonds is 8. The molecule has 2 aliphatic heterocycles. The number of piperazine rings is 1. The molecule has 0 radical (unpaired) electrons. The third-order valence-electron chi connectivity index (χ3n) is 6.06. The molecular weight excluding hydrogens is 518 g/mol. The summed E-state index contributed by atoms with van der Waals surface area (Å²) in [5.74, 6) is -1.05. The Labute approximate surface area is 222 Å². The molecular formula is C24H27N5O6S2. The van der Waals surface area contributed by atoms with Gasteiger partial charge in [-0.25, -0.2) is 4.98 Å². The molecule has 0 aliphatic carbocycles. The van der Waals surface area contributed by atoms with Gasteiger partial charge in [-0.15, -0.1) is 0 Å². The van der Waals surface area contributed by atoms with E-state index in [2.05, 4.69) is 5.32 Å². The first kappa shape index (κ1) is 26.8. The van der Waals surface area contributed by atoms with Crippen molar-refractivity contribution in [1.29, 1.82) is 0 Å². The molecule has 2 fully saturated rings. The van der Waals surface area contributed by atoms with Crippen LogP contribution < -0.4 is 15.8 Å². The van der Waals surface area contributed by atoms with Crippen LogP contribution in [0.2, 0.25) is 0 Å². The van der Waals surface area contributed by atoms with E-state index in [-0.39, 0.29) is 34.5 Å². The minimum absolute atomic E-state index is 0.130. The molecule has 0 saturated carbocycles. The highest BCUT2D eigenvalue weighted by Crippen LogP contribution is 2.34. The van der Waals surface area contributed by atoms with E-state index in [1.165, 1.54) is 22.5 Å². The number of esters is 1. The number of aromatic nitrogens is 2.